The van der Waals surface area contributed by atoms with E-state index in [0.29, 0.717) is 12.1 Å². The molecule has 0 saturated heterocycles. The van der Waals surface area contributed by atoms with Crippen LogP contribution in [0.4, 0.5) is 0 Å². The van der Waals surface area contributed by atoms with Crippen LogP contribution in [-0.2, 0) is 26.2 Å². The van der Waals surface area contributed by atoms with E-state index in [-0.39, 0.29) is 0 Å². The van der Waals surface area contributed by atoms with Gasteiger partial charge in [0.25, 0.3) is 0 Å². The smallest absolute Gasteiger partial charge is 0.121 e. The van der Waals surface area contributed by atoms with Gasteiger partial charge in [-0.05, 0) is 54.7 Å². The molecule has 3 heterocycles. The Morgan fingerprint density at radius 1 is 1.00 bits per heavy atom. The average molecular weight is 492 g/mol. The molecule has 0 spiro atoms. The summed E-state index contributed by atoms with van der Waals surface area (Å²) < 4.78 is 0. The van der Waals surface area contributed by atoms with Gasteiger partial charge in [-0.15, -0.1) is 0 Å². The Labute approximate surface area is 217 Å². The second-order valence-electron chi connectivity index (χ2n) is 9.98. The number of para-hydroxylation sites is 2. The first-order valence-electron chi connectivity index (χ1n) is 13.1. The number of aliphatic imine (C=N–C) groups is 1. The normalized spacial score (nSPS) is 18.9. The highest BCUT2D eigenvalue weighted by Gasteiger charge is 2.26. The van der Waals surface area contributed by atoms with E-state index >= 15 is 0 Å². The molecule has 1 aliphatic heterocycles. The van der Waals surface area contributed by atoms with Crippen molar-refractivity contribution < 1.29 is 0 Å². The zero-order chi connectivity index (χ0) is 25.0. The van der Waals surface area contributed by atoms with Crippen molar-refractivity contribution in [3.8, 4) is 0 Å². The summed E-state index contributed by atoms with van der Waals surface area (Å²) in [6.45, 7) is 5.27. The minimum absolute atomic E-state index is 0.312. The molecule has 2 atom stereocenters. The van der Waals surface area contributed by atoms with E-state index in [1.165, 1.54) is 16.7 Å². The molecule has 2 aromatic heterocycles. The molecule has 6 rings (SSSR count). The van der Waals surface area contributed by atoms with Crippen molar-refractivity contribution >= 4 is 17.2 Å². The van der Waals surface area contributed by atoms with Crippen LogP contribution in [0.3, 0.4) is 0 Å². The summed E-state index contributed by atoms with van der Waals surface area (Å²) in [6.07, 6.45) is 12.5. The van der Waals surface area contributed by atoms with Crippen LogP contribution in [0.15, 0.2) is 83.7 Å². The predicted molar refractivity (Wildman–Crippen MR) is 148 cm³/mol. The molecule has 37 heavy (non-hydrogen) atoms. The molecule has 7 heteroatoms. The van der Waals surface area contributed by atoms with Crippen molar-refractivity contribution in [2.45, 2.75) is 58.0 Å². The van der Waals surface area contributed by atoms with E-state index in [2.05, 4.69) is 90.9 Å². The number of allylic oxidation sites excluding steroid dienone is 1. The first-order valence-corrected chi connectivity index (χ1v) is 13.1. The summed E-state index contributed by atoms with van der Waals surface area (Å²) in [5.74, 6) is 1.01. The van der Waals surface area contributed by atoms with E-state index < -0.39 is 0 Å². The van der Waals surface area contributed by atoms with Gasteiger partial charge in [0, 0.05) is 31.9 Å². The van der Waals surface area contributed by atoms with E-state index in [0.717, 1.165) is 67.3 Å². The van der Waals surface area contributed by atoms with Crippen LogP contribution in [-0.4, -0.2) is 43.1 Å². The molecule has 4 aromatic rings. The second-order valence-corrected chi connectivity index (χ2v) is 9.98. The molecule has 2 aliphatic rings. The van der Waals surface area contributed by atoms with Gasteiger partial charge in [0.15, 0.2) is 0 Å². The first-order chi connectivity index (χ1) is 18.2. The molecule has 1 aliphatic carbocycles. The number of rotatable bonds is 9. The second kappa shape index (κ2) is 10.7. The summed E-state index contributed by atoms with van der Waals surface area (Å²) in [5.41, 5.74) is 8.21. The van der Waals surface area contributed by atoms with Gasteiger partial charge in [-0.1, -0.05) is 48.6 Å². The molecule has 0 fully saturated rings. The fourth-order valence-corrected chi connectivity index (χ4v) is 5.30. The highest BCUT2D eigenvalue weighted by molar-refractivity contribution is 5.75. The van der Waals surface area contributed by atoms with Crippen molar-refractivity contribution in [2.24, 2.45) is 4.99 Å². The number of aryl methyl sites for hydroxylation is 1. The van der Waals surface area contributed by atoms with Gasteiger partial charge < -0.3 is 15.3 Å². The average Bonchev–Trinajstić information content (AvgIpc) is 3.54. The lowest BCUT2D eigenvalue weighted by molar-refractivity contribution is 0.188. The summed E-state index contributed by atoms with van der Waals surface area (Å²) >= 11 is 0. The summed E-state index contributed by atoms with van der Waals surface area (Å²) in [7, 11) is 0. The van der Waals surface area contributed by atoms with Crippen molar-refractivity contribution in [2.75, 3.05) is 0 Å². The Morgan fingerprint density at radius 2 is 1.86 bits per heavy atom. The number of nitrogens with one attached hydrogen (secondary N) is 3. The molecule has 0 amide bonds. The lowest BCUT2D eigenvalue weighted by Crippen LogP contribution is -2.37. The SMILES string of the molecule is Cc1nc[nH]c1CNCc1ccc(CN(Cc2nc3ccccc3[nH]2)C2C=C3C=CC=NC3CC2)cc1. The quantitative estimate of drug-likeness (QED) is 0.308. The van der Waals surface area contributed by atoms with Crippen LogP contribution in [0.5, 0.6) is 0 Å². The monoisotopic (exact) mass is 491 g/mol. The van der Waals surface area contributed by atoms with E-state index in [9.17, 15) is 0 Å². The van der Waals surface area contributed by atoms with Crippen LogP contribution >= 0.6 is 0 Å². The number of hydrogen-bond donors (Lipinski definition) is 3. The van der Waals surface area contributed by atoms with Crippen LogP contribution in [0.1, 0.15) is 41.2 Å². The molecular formula is C30H33N7. The Hall–Kier alpha value is -3.81. The summed E-state index contributed by atoms with van der Waals surface area (Å²) in [5, 5.41) is 3.51. The van der Waals surface area contributed by atoms with Gasteiger partial charge in [0.05, 0.1) is 41.3 Å². The minimum atomic E-state index is 0.312. The fraction of sp³-hybridized carbons (Fsp3) is 0.300. The number of nitrogens with zero attached hydrogens (tertiary/aromatic N) is 4. The molecule has 0 bridgehead atoms. The first kappa shape index (κ1) is 23.6. The number of dihydropyridines is 1. The highest BCUT2D eigenvalue weighted by atomic mass is 15.2. The third kappa shape index (κ3) is 5.48. The van der Waals surface area contributed by atoms with Crippen LogP contribution < -0.4 is 5.32 Å². The lowest BCUT2D eigenvalue weighted by Gasteiger charge is -2.34. The third-order valence-corrected chi connectivity index (χ3v) is 7.38. The minimum Gasteiger partial charge on any atom is -0.347 e. The maximum atomic E-state index is 4.87. The number of aromatic nitrogens is 4. The number of benzene rings is 2. The molecular weight excluding hydrogens is 458 g/mol. The largest absolute Gasteiger partial charge is 0.347 e. The maximum absolute atomic E-state index is 4.87. The van der Waals surface area contributed by atoms with Gasteiger partial charge in [0.1, 0.15) is 5.82 Å². The standard InChI is InChI=1S/C30H33N7/c1-21-29(34-20-33-21)17-31-16-22-8-10-23(11-9-22)18-37(19-30-35-27-6-2-3-7-28(27)36-30)25-12-13-26-24(15-25)5-4-14-32-26/h2-11,14-15,20,25-26,31H,12-13,16-19H2,1H3,(H,33,34)(H,35,36). The lowest BCUT2D eigenvalue weighted by atomic mass is 9.89. The topological polar surface area (TPSA) is 85.0 Å². The third-order valence-electron chi connectivity index (χ3n) is 7.38. The maximum Gasteiger partial charge on any atom is 0.121 e. The van der Waals surface area contributed by atoms with Crippen LogP contribution in [0, 0.1) is 6.92 Å². The Bertz CT molecular complexity index is 1410. The Morgan fingerprint density at radius 3 is 2.70 bits per heavy atom. The molecule has 0 saturated carbocycles. The molecule has 7 nitrogen and oxygen atoms in total. The molecule has 188 valence electrons. The number of imidazole rings is 2. The van der Waals surface area contributed by atoms with Crippen LogP contribution in [0.2, 0.25) is 0 Å². The Balaban J connectivity index is 1.17. The molecule has 2 aromatic carbocycles. The number of fused-ring (bicyclic) bond motifs is 2. The van der Waals surface area contributed by atoms with Crippen molar-refractivity contribution in [1.82, 2.24) is 30.2 Å². The number of H-pyrrole nitrogens is 2. The van der Waals surface area contributed by atoms with E-state index in [1.807, 2.05) is 19.2 Å². The Kier molecular flexibility index (Phi) is 6.80. The van der Waals surface area contributed by atoms with Gasteiger partial charge in [-0.3, -0.25) is 9.89 Å². The fourth-order valence-electron chi connectivity index (χ4n) is 5.30. The van der Waals surface area contributed by atoms with E-state index in [1.54, 1.807) is 6.33 Å². The number of aromatic amines is 2. The molecule has 2 unspecified atom stereocenters. The number of hydrogen-bond acceptors (Lipinski definition) is 5. The molecule has 3 N–H and O–H groups in total. The predicted octanol–water partition coefficient (Wildman–Crippen LogP) is 4.98. The zero-order valence-corrected chi connectivity index (χ0v) is 21.2. The van der Waals surface area contributed by atoms with Crippen molar-refractivity contribution in [3.05, 3.63) is 107 Å². The van der Waals surface area contributed by atoms with Crippen molar-refractivity contribution in [1.29, 1.82) is 0 Å². The van der Waals surface area contributed by atoms with Gasteiger partial charge >= 0.3 is 0 Å². The summed E-state index contributed by atoms with van der Waals surface area (Å²) in [4.78, 5) is 23.1. The summed E-state index contributed by atoms with van der Waals surface area (Å²) in [6, 6.07) is 17.9. The van der Waals surface area contributed by atoms with Gasteiger partial charge in [-0.25, -0.2) is 9.97 Å². The zero-order valence-electron chi connectivity index (χ0n) is 21.2. The van der Waals surface area contributed by atoms with Gasteiger partial charge in [0.2, 0.25) is 0 Å². The van der Waals surface area contributed by atoms with Crippen LogP contribution in [0.25, 0.3) is 11.0 Å². The molecule has 0 radical (unpaired) electrons. The van der Waals surface area contributed by atoms with Gasteiger partial charge in [-0.2, -0.15) is 0 Å². The van der Waals surface area contributed by atoms with E-state index in [4.69, 9.17) is 4.98 Å². The highest BCUT2D eigenvalue weighted by Crippen LogP contribution is 2.29. The van der Waals surface area contributed by atoms with Crippen molar-refractivity contribution in [3.63, 3.8) is 0 Å².